The Balaban J connectivity index is 1.81. The first-order valence-electron chi connectivity index (χ1n) is 9.75. The fourth-order valence-electron chi connectivity index (χ4n) is 3.27. The number of hydrogen-bond acceptors (Lipinski definition) is 4. The molecule has 0 atom stereocenters. The lowest BCUT2D eigenvalue weighted by Crippen LogP contribution is -2.32. The van der Waals surface area contributed by atoms with Crippen molar-refractivity contribution >= 4 is 33.2 Å². The monoisotopic (exact) mass is 436 g/mol. The van der Waals surface area contributed by atoms with E-state index in [9.17, 15) is 13.2 Å². The highest BCUT2D eigenvalue weighted by molar-refractivity contribution is 7.89. The number of anilines is 1. The number of carbonyl (C=O) groups excluding carboxylic acids is 1. The molecule has 1 saturated heterocycles. The second kappa shape index (κ2) is 9.61. The van der Waals surface area contributed by atoms with Crippen molar-refractivity contribution < 1.29 is 17.9 Å². The molecule has 1 N–H and O–H groups in total. The Hall–Kier alpha value is -2.09. The summed E-state index contributed by atoms with van der Waals surface area (Å²) in [5, 5.41) is 2.89. The summed E-state index contributed by atoms with van der Waals surface area (Å²) in [7, 11) is -3.75. The van der Waals surface area contributed by atoms with E-state index in [1.807, 2.05) is 6.92 Å². The molecule has 0 aliphatic carbocycles. The topological polar surface area (TPSA) is 75.7 Å². The molecule has 6 nitrogen and oxygen atoms in total. The lowest BCUT2D eigenvalue weighted by atomic mass is 10.2. The standard InChI is InChI=1S/C21H25ClN2O4S/c1-2-28-18-10-8-17(9-11-18)23-21(25)16-7-12-19(22)20(15-16)29(26,27)24-13-5-3-4-6-14-24/h7-12,15H,2-6,13-14H2,1H3,(H,23,25). The van der Waals surface area contributed by atoms with E-state index < -0.39 is 15.9 Å². The molecule has 1 aliphatic rings. The minimum atomic E-state index is -3.75. The SMILES string of the molecule is CCOc1ccc(NC(=O)c2ccc(Cl)c(S(=O)(=O)N3CCCCCC3)c2)cc1. The predicted molar refractivity (Wildman–Crippen MR) is 114 cm³/mol. The molecule has 0 unspecified atom stereocenters. The van der Waals surface area contributed by atoms with E-state index in [4.69, 9.17) is 16.3 Å². The molecular weight excluding hydrogens is 412 g/mol. The number of nitrogens with one attached hydrogen (secondary N) is 1. The van der Waals surface area contributed by atoms with Gasteiger partial charge in [0.25, 0.3) is 5.91 Å². The maximum Gasteiger partial charge on any atom is 0.255 e. The summed E-state index contributed by atoms with van der Waals surface area (Å²) in [6.07, 6.45) is 3.69. The van der Waals surface area contributed by atoms with Crippen LogP contribution in [0.5, 0.6) is 5.75 Å². The zero-order valence-corrected chi connectivity index (χ0v) is 17.9. The molecule has 3 rings (SSSR count). The van der Waals surface area contributed by atoms with Gasteiger partial charge in [-0.05, 0) is 62.2 Å². The first-order chi connectivity index (χ1) is 13.9. The first-order valence-corrected chi connectivity index (χ1v) is 11.6. The van der Waals surface area contributed by atoms with Gasteiger partial charge in [0.2, 0.25) is 10.0 Å². The molecule has 156 valence electrons. The van der Waals surface area contributed by atoms with Crippen LogP contribution in [0.15, 0.2) is 47.4 Å². The van der Waals surface area contributed by atoms with Crippen LogP contribution >= 0.6 is 11.6 Å². The maximum atomic E-state index is 13.1. The fraction of sp³-hybridized carbons (Fsp3) is 0.381. The largest absolute Gasteiger partial charge is 0.494 e. The van der Waals surface area contributed by atoms with E-state index in [1.54, 1.807) is 24.3 Å². The summed E-state index contributed by atoms with van der Waals surface area (Å²) in [5.41, 5.74) is 0.821. The molecule has 0 bridgehead atoms. The average Bonchev–Trinajstić information content (AvgIpc) is 3.00. The van der Waals surface area contributed by atoms with Gasteiger partial charge >= 0.3 is 0 Å². The van der Waals surface area contributed by atoms with Gasteiger partial charge in [-0.1, -0.05) is 24.4 Å². The number of nitrogens with zero attached hydrogens (tertiary/aromatic N) is 1. The van der Waals surface area contributed by atoms with Gasteiger partial charge in [0.1, 0.15) is 10.6 Å². The van der Waals surface area contributed by atoms with Crippen molar-refractivity contribution in [1.29, 1.82) is 0 Å². The highest BCUT2D eigenvalue weighted by atomic mass is 35.5. The Morgan fingerprint density at radius 2 is 1.72 bits per heavy atom. The quantitative estimate of drug-likeness (QED) is 0.720. The molecular formula is C21H25ClN2O4S. The van der Waals surface area contributed by atoms with E-state index >= 15 is 0 Å². The highest BCUT2D eigenvalue weighted by Gasteiger charge is 2.28. The van der Waals surface area contributed by atoms with Crippen LogP contribution in [0.1, 0.15) is 43.0 Å². The first kappa shape index (κ1) is 21.6. The summed E-state index contributed by atoms with van der Waals surface area (Å²) < 4.78 is 33.0. The Morgan fingerprint density at radius 1 is 1.07 bits per heavy atom. The zero-order chi connectivity index (χ0) is 20.9. The molecule has 2 aromatic carbocycles. The van der Waals surface area contributed by atoms with Crippen molar-refractivity contribution in [3.63, 3.8) is 0 Å². The molecule has 1 fully saturated rings. The van der Waals surface area contributed by atoms with Crippen molar-refractivity contribution in [2.45, 2.75) is 37.5 Å². The Kier molecular flexibility index (Phi) is 7.16. The van der Waals surface area contributed by atoms with Crippen molar-refractivity contribution in [3.05, 3.63) is 53.1 Å². The summed E-state index contributed by atoms with van der Waals surface area (Å²) >= 11 is 6.20. The smallest absolute Gasteiger partial charge is 0.255 e. The van der Waals surface area contributed by atoms with Crippen LogP contribution in [0.2, 0.25) is 5.02 Å². The summed E-state index contributed by atoms with van der Waals surface area (Å²) in [4.78, 5) is 12.6. The number of carbonyl (C=O) groups is 1. The van der Waals surface area contributed by atoms with Gasteiger partial charge in [-0.15, -0.1) is 0 Å². The molecule has 0 aromatic heterocycles. The number of hydrogen-bond donors (Lipinski definition) is 1. The van der Waals surface area contributed by atoms with Gasteiger partial charge in [0, 0.05) is 24.3 Å². The Morgan fingerprint density at radius 3 is 2.34 bits per heavy atom. The number of amides is 1. The molecule has 0 saturated carbocycles. The van der Waals surface area contributed by atoms with Gasteiger partial charge in [0.05, 0.1) is 11.6 Å². The number of ether oxygens (including phenoxy) is 1. The zero-order valence-electron chi connectivity index (χ0n) is 16.4. The van der Waals surface area contributed by atoms with E-state index in [0.717, 1.165) is 25.7 Å². The minimum absolute atomic E-state index is 0.0274. The molecule has 0 radical (unpaired) electrons. The minimum Gasteiger partial charge on any atom is -0.494 e. The van der Waals surface area contributed by atoms with Gasteiger partial charge in [-0.25, -0.2) is 8.42 Å². The summed E-state index contributed by atoms with van der Waals surface area (Å²) in [6.45, 7) is 3.40. The van der Waals surface area contributed by atoms with E-state index in [1.165, 1.54) is 22.5 Å². The van der Waals surface area contributed by atoms with Crippen LogP contribution in [-0.2, 0) is 10.0 Å². The van der Waals surface area contributed by atoms with Crippen LogP contribution in [0, 0.1) is 0 Å². The number of benzene rings is 2. The highest BCUT2D eigenvalue weighted by Crippen LogP contribution is 2.28. The number of sulfonamides is 1. The Labute approximate surface area is 176 Å². The van der Waals surface area contributed by atoms with Gasteiger partial charge < -0.3 is 10.1 Å². The lowest BCUT2D eigenvalue weighted by Gasteiger charge is -2.21. The van der Waals surface area contributed by atoms with Crippen LogP contribution < -0.4 is 10.1 Å². The summed E-state index contributed by atoms with van der Waals surface area (Å²) in [6, 6.07) is 11.3. The maximum absolute atomic E-state index is 13.1. The second-order valence-corrected chi connectivity index (χ2v) is 9.19. The molecule has 1 heterocycles. The third-order valence-electron chi connectivity index (χ3n) is 4.80. The van der Waals surface area contributed by atoms with Crippen LogP contribution in [0.4, 0.5) is 5.69 Å². The van der Waals surface area contributed by atoms with Gasteiger partial charge in [-0.2, -0.15) is 4.31 Å². The van der Waals surface area contributed by atoms with Crippen molar-refractivity contribution in [2.75, 3.05) is 25.0 Å². The third-order valence-corrected chi connectivity index (χ3v) is 7.18. The number of halogens is 1. The van der Waals surface area contributed by atoms with Crippen molar-refractivity contribution in [2.24, 2.45) is 0 Å². The molecule has 29 heavy (non-hydrogen) atoms. The van der Waals surface area contributed by atoms with Crippen LogP contribution in [-0.4, -0.2) is 38.3 Å². The van der Waals surface area contributed by atoms with Crippen molar-refractivity contribution in [3.8, 4) is 5.75 Å². The summed E-state index contributed by atoms with van der Waals surface area (Å²) in [5.74, 6) is 0.306. The fourth-order valence-corrected chi connectivity index (χ4v) is 5.29. The third kappa shape index (κ3) is 5.29. The predicted octanol–water partition coefficient (Wildman–Crippen LogP) is 4.56. The van der Waals surface area contributed by atoms with Gasteiger partial charge in [-0.3, -0.25) is 4.79 Å². The second-order valence-electron chi connectivity index (χ2n) is 6.88. The molecule has 1 aliphatic heterocycles. The normalized spacial score (nSPS) is 15.5. The van der Waals surface area contributed by atoms with E-state index in [-0.39, 0.29) is 15.5 Å². The van der Waals surface area contributed by atoms with Crippen molar-refractivity contribution in [1.82, 2.24) is 4.31 Å². The molecule has 1 amide bonds. The molecule has 0 spiro atoms. The van der Waals surface area contributed by atoms with Crippen LogP contribution in [0.3, 0.4) is 0 Å². The molecule has 8 heteroatoms. The van der Waals surface area contributed by atoms with E-state index in [2.05, 4.69) is 5.32 Å². The van der Waals surface area contributed by atoms with E-state index in [0.29, 0.717) is 31.1 Å². The average molecular weight is 437 g/mol. The Bertz CT molecular complexity index is 953. The molecule has 2 aromatic rings. The lowest BCUT2D eigenvalue weighted by molar-refractivity contribution is 0.102. The van der Waals surface area contributed by atoms with Crippen LogP contribution in [0.25, 0.3) is 0 Å². The van der Waals surface area contributed by atoms with Gasteiger partial charge in [0.15, 0.2) is 0 Å². The number of rotatable bonds is 6.